The molecule has 3 nitrogen and oxygen atoms in total. The van der Waals surface area contributed by atoms with Crippen LogP contribution in [0.3, 0.4) is 0 Å². The van der Waals surface area contributed by atoms with Crippen LogP contribution in [0.15, 0.2) is 53.4 Å². The Balaban J connectivity index is 2.58. The van der Waals surface area contributed by atoms with Gasteiger partial charge in [0.1, 0.15) is 5.75 Å². The third-order valence-corrected chi connectivity index (χ3v) is 3.89. The molecule has 2 aromatic rings. The summed E-state index contributed by atoms with van der Waals surface area (Å²) in [5.41, 5.74) is 1.77. The molecule has 0 atom stereocenters. The van der Waals surface area contributed by atoms with Gasteiger partial charge < -0.3 is 4.74 Å². The molecule has 0 bridgehead atoms. The van der Waals surface area contributed by atoms with Gasteiger partial charge in [0.2, 0.25) is 0 Å². The minimum atomic E-state index is -3.74. The van der Waals surface area contributed by atoms with Gasteiger partial charge in [0, 0.05) is 22.3 Å². The Morgan fingerprint density at radius 2 is 1.72 bits per heavy atom. The lowest BCUT2D eigenvalue weighted by Gasteiger charge is -2.09. The molecule has 0 aliphatic rings. The van der Waals surface area contributed by atoms with Gasteiger partial charge >= 0.3 is 0 Å². The van der Waals surface area contributed by atoms with E-state index in [2.05, 4.69) is 0 Å². The van der Waals surface area contributed by atoms with Crippen LogP contribution < -0.4 is 4.74 Å². The molecule has 0 aliphatic carbocycles. The van der Waals surface area contributed by atoms with E-state index in [9.17, 15) is 8.42 Å². The number of benzene rings is 2. The van der Waals surface area contributed by atoms with Crippen LogP contribution in [-0.4, -0.2) is 15.5 Å². The van der Waals surface area contributed by atoms with Crippen molar-refractivity contribution in [3.63, 3.8) is 0 Å². The molecule has 0 spiro atoms. The van der Waals surface area contributed by atoms with E-state index in [1.807, 2.05) is 30.3 Å². The summed E-state index contributed by atoms with van der Waals surface area (Å²) in [4.78, 5) is 0.0284. The van der Waals surface area contributed by atoms with E-state index >= 15 is 0 Å². The fraction of sp³-hybridized carbons (Fsp3) is 0.0769. The number of ether oxygens (including phenoxy) is 1. The normalized spacial score (nSPS) is 11.2. The second kappa shape index (κ2) is 5.00. The average molecular weight is 283 g/mol. The molecule has 0 fully saturated rings. The molecule has 5 heteroatoms. The predicted octanol–water partition coefficient (Wildman–Crippen LogP) is 3.29. The molecule has 0 saturated heterocycles. The summed E-state index contributed by atoms with van der Waals surface area (Å²) >= 11 is 0. The van der Waals surface area contributed by atoms with Crippen molar-refractivity contribution in [2.45, 2.75) is 4.90 Å². The van der Waals surface area contributed by atoms with E-state index in [0.717, 1.165) is 11.1 Å². The molecular formula is C13H11ClO3S. The van der Waals surface area contributed by atoms with Crippen molar-refractivity contribution in [3.05, 3.63) is 48.5 Å². The summed E-state index contributed by atoms with van der Waals surface area (Å²) in [7, 11) is 3.05. The van der Waals surface area contributed by atoms with E-state index < -0.39 is 9.05 Å². The van der Waals surface area contributed by atoms with E-state index in [1.54, 1.807) is 6.07 Å². The molecule has 18 heavy (non-hydrogen) atoms. The van der Waals surface area contributed by atoms with Gasteiger partial charge in [-0.15, -0.1) is 0 Å². The van der Waals surface area contributed by atoms with Gasteiger partial charge in [0.25, 0.3) is 9.05 Å². The Labute approximate surface area is 110 Å². The zero-order valence-corrected chi connectivity index (χ0v) is 11.2. The summed E-state index contributed by atoms with van der Waals surface area (Å²) in [6, 6.07) is 14.1. The van der Waals surface area contributed by atoms with Crippen molar-refractivity contribution in [3.8, 4) is 16.9 Å². The first kappa shape index (κ1) is 12.9. The Bertz CT molecular complexity index is 651. The number of hydrogen-bond acceptors (Lipinski definition) is 3. The Kier molecular flexibility index (Phi) is 3.59. The summed E-state index contributed by atoms with van der Waals surface area (Å²) in [6.45, 7) is 0. The van der Waals surface area contributed by atoms with Crippen molar-refractivity contribution >= 4 is 19.7 Å². The van der Waals surface area contributed by atoms with E-state index in [4.69, 9.17) is 15.4 Å². The molecule has 0 amide bonds. The van der Waals surface area contributed by atoms with Crippen LogP contribution in [0.5, 0.6) is 5.75 Å². The van der Waals surface area contributed by atoms with E-state index in [0.29, 0.717) is 5.75 Å². The van der Waals surface area contributed by atoms with Crippen LogP contribution in [0.25, 0.3) is 11.1 Å². The lowest BCUT2D eigenvalue weighted by molar-refractivity contribution is 0.415. The molecule has 0 saturated carbocycles. The number of halogens is 1. The SMILES string of the molecule is COc1cc(S(=O)(=O)Cl)ccc1-c1ccccc1. The fourth-order valence-electron chi connectivity index (χ4n) is 1.68. The van der Waals surface area contributed by atoms with E-state index in [1.165, 1.54) is 19.2 Å². The summed E-state index contributed by atoms with van der Waals surface area (Å²) in [5.74, 6) is 0.475. The summed E-state index contributed by atoms with van der Waals surface area (Å²) in [6.07, 6.45) is 0. The van der Waals surface area contributed by atoms with Crippen LogP contribution in [-0.2, 0) is 9.05 Å². The van der Waals surface area contributed by atoms with E-state index in [-0.39, 0.29) is 4.90 Å². The Hall–Kier alpha value is -1.52. The first-order valence-electron chi connectivity index (χ1n) is 5.20. The maximum atomic E-state index is 11.3. The zero-order valence-electron chi connectivity index (χ0n) is 9.63. The highest BCUT2D eigenvalue weighted by Gasteiger charge is 2.14. The third kappa shape index (κ3) is 2.66. The van der Waals surface area contributed by atoms with Gasteiger partial charge in [-0.2, -0.15) is 0 Å². The van der Waals surface area contributed by atoms with Gasteiger partial charge in [0.15, 0.2) is 0 Å². The molecule has 0 radical (unpaired) electrons. The smallest absolute Gasteiger partial charge is 0.261 e. The quantitative estimate of drug-likeness (QED) is 0.812. The van der Waals surface area contributed by atoms with Crippen molar-refractivity contribution < 1.29 is 13.2 Å². The minimum Gasteiger partial charge on any atom is -0.496 e. The Morgan fingerprint density at radius 1 is 1.06 bits per heavy atom. The van der Waals surface area contributed by atoms with Crippen LogP contribution in [0, 0.1) is 0 Å². The van der Waals surface area contributed by atoms with Crippen molar-refractivity contribution in [2.24, 2.45) is 0 Å². The second-order valence-corrected chi connectivity index (χ2v) is 6.23. The van der Waals surface area contributed by atoms with Gasteiger partial charge in [-0.25, -0.2) is 8.42 Å². The molecule has 0 aromatic heterocycles. The largest absolute Gasteiger partial charge is 0.496 e. The minimum absolute atomic E-state index is 0.0284. The van der Waals surface area contributed by atoms with Crippen LogP contribution in [0.2, 0.25) is 0 Å². The standard InChI is InChI=1S/C13H11ClO3S/c1-17-13-9-11(18(14,15)16)7-8-12(13)10-5-3-2-4-6-10/h2-9H,1H3. The molecule has 0 aliphatic heterocycles. The molecule has 94 valence electrons. The van der Waals surface area contributed by atoms with Crippen LogP contribution in [0.4, 0.5) is 0 Å². The third-order valence-electron chi connectivity index (χ3n) is 2.54. The zero-order chi connectivity index (χ0) is 13.2. The fourth-order valence-corrected chi connectivity index (χ4v) is 2.45. The van der Waals surface area contributed by atoms with Crippen LogP contribution in [0.1, 0.15) is 0 Å². The highest BCUT2D eigenvalue weighted by molar-refractivity contribution is 8.13. The molecule has 2 aromatic carbocycles. The molecular weight excluding hydrogens is 272 g/mol. The number of rotatable bonds is 3. The van der Waals surface area contributed by atoms with Gasteiger partial charge in [-0.3, -0.25) is 0 Å². The van der Waals surface area contributed by atoms with Crippen LogP contribution >= 0.6 is 10.7 Å². The van der Waals surface area contributed by atoms with Gasteiger partial charge in [-0.05, 0) is 17.7 Å². The molecule has 0 unspecified atom stereocenters. The maximum absolute atomic E-state index is 11.3. The van der Waals surface area contributed by atoms with Crippen molar-refractivity contribution in [2.75, 3.05) is 7.11 Å². The molecule has 0 heterocycles. The molecule has 0 N–H and O–H groups in total. The average Bonchev–Trinajstić information content (AvgIpc) is 2.38. The van der Waals surface area contributed by atoms with Crippen molar-refractivity contribution in [1.29, 1.82) is 0 Å². The van der Waals surface area contributed by atoms with Gasteiger partial charge in [-0.1, -0.05) is 30.3 Å². The van der Waals surface area contributed by atoms with Gasteiger partial charge in [0.05, 0.1) is 12.0 Å². The topological polar surface area (TPSA) is 43.4 Å². The summed E-state index contributed by atoms with van der Waals surface area (Å²) in [5, 5.41) is 0. The first-order valence-corrected chi connectivity index (χ1v) is 7.51. The number of hydrogen-bond donors (Lipinski definition) is 0. The highest BCUT2D eigenvalue weighted by Crippen LogP contribution is 2.32. The Morgan fingerprint density at radius 3 is 2.28 bits per heavy atom. The number of methoxy groups -OCH3 is 1. The monoisotopic (exact) mass is 282 g/mol. The second-order valence-electron chi connectivity index (χ2n) is 3.67. The first-order chi connectivity index (χ1) is 8.52. The lowest BCUT2D eigenvalue weighted by atomic mass is 10.1. The summed E-state index contributed by atoms with van der Waals surface area (Å²) < 4.78 is 27.7. The highest BCUT2D eigenvalue weighted by atomic mass is 35.7. The van der Waals surface area contributed by atoms with Crippen molar-refractivity contribution in [1.82, 2.24) is 0 Å². The molecule has 2 rings (SSSR count). The lowest BCUT2D eigenvalue weighted by Crippen LogP contribution is -1.94. The maximum Gasteiger partial charge on any atom is 0.261 e. The predicted molar refractivity (Wildman–Crippen MR) is 71.5 cm³/mol.